The highest BCUT2D eigenvalue weighted by Crippen LogP contribution is 2.23. The van der Waals surface area contributed by atoms with E-state index in [2.05, 4.69) is 15.7 Å². The molecule has 0 aliphatic rings. The summed E-state index contributed by atoms with van der Waals surface area (Å²) >= 11 is 12.1. The molecule has 0 saturated heterocycles. The predicted octanol–water partition coefficient (Wildman–Crippen LogP) is 4.00. The van der Waals surface area contributed by atoms with Gasteiger partial charge in [0.1, 0.15) is 11.0 Å². The highest BCUT2D eigenvalue weighted by Gasteiger charge is 2.21. The fraction of sp³-hybridized carbons (Fsp3) is 0.105. The fourth-order valence-corrected chi connectivity index (χ4v) is 2.98. The van der Waals surface area contributed by atoms with Crippen LogP contribution in [0.4, 0.5) is 10.1 Å². The third-order valence-electron chi connectivity index (χ3n) is 3.84. The smallest absolute Gasteiger partial charge is 0.256 e. The van der Waals surface area contributed by atoms with Crippen molar-refractivity contribution in [3.63, 3.8) is 0 Å². The van der Waals surface area contributed by atoms with Crippen LogP contribution in [0.15, 0.2) is 48.5 Å². The van der Waals surface area contributed by atoms with E-state index in [0.717, 1.165) is 0 Å². The summed E-state index contributed by atoms with van der Waals surface area (Å²) in [5, 5.41) is 9.99. The molecule has 0 bridgehead atoms. The average Bonchev–Trinajstić information content (AvgIpc) is 2.96. The molecule has 0 spiro atoms. The van der Waals surface area contributed by atoms with Gasteiger partial charge in [-0.25, -0.2) is 9.07 Å². The Bertz CT molecular complexity index is 1020. The van der Waals surface area contributed by atoms with Crippen LogP contribution in [-0.2, 0) is 4.79 Å². The summed E-state index contributed by atoms with van der Waals surface area (Å²) in [5.74, 6) is -1.34. The lowest BCUT2D eigenvalue weighted by atomic mass is 10.2. The minimum Gasteiger partial charge on any atom is -0.343 e. The largest absolute Gasteiger partial charge is 0.343 e. The quantitative estimate of drug-likeness (QED) is 0.654. The normalized spacial score (nSPS) is 10.6. The number of rotatable bonds is 5. The van der Waals surface area contributed by atoms with E-state index in [4.69, 9.17) is 23.2 Å². The van der Waals surface area contributed by atoms with Crippen molar-refractivity contribution < 1.29 is 14.0 Å². The first kappa shape index (κ1) is 19.9. The Balaban J connectivity index is 1.68. The second-order valence-electron chi connectivity index (χ2n) is 5.88. The van der Waals surface area contributed by atoms with Gasteiger partial charge in [-0.2, -0.15) is 5.10 Å². The van der Waals surface area contributed by atoms with Gasteiger partial charge in [0.15, 0.2) is 0 Å². The zero-order valence-corrected chi connectivity index (χ0v) is 16.2. The van der Waals surface area contributed by atoms with Gasteiger partial charge in [-0.05, 0) is 55.5 Å². The molecule has 3 aromatic rings. The molecule has 6 nitrogen and oxygen atoms in total. The molecule has 0 aliphatic heterocycles. The number of halogens is 3. The Labute approximate surface area is 170 Å². The number of aromatic nitrogens is 2. The van der Waals surface area contributed by atoms with Crippen LogP contribution in [0.3, 0.4) is 0 Å². The number of amides is 2. The first-order chi connectivity index (χ1) is 13.3. The number of hydrogen-bond acceptors (Lipinski definition) is 3. The van der Waals surface area contributed by atoms with Crippen molar-refractivity contribution in [1.29, 1.82) is 0 Å². The molecule has 0 radical (unpaired) electrons. The molecule has 0 fully saturated rings. The predicted molar refractivity (Wildman–Crippen MR) is 106 cm³/mol. The van der Waals surface area contributed by atoms with Gasteiger partial charge in [-0.15, -0.1) is 0 Å². The Morgan fingerprint density at radius 3 is 2.36 bits per heavy atom. The lowest BCUT2D eigenvalue weighted by molar-refractivity contribution is -0.115. The molecular formula is C19H15Cl2FN4O2. The van der Waals surface area contributed by atoms with E-state index in [1.807, 2.05) is 0 Å². The third-order valence-corrected chi connectivity index (χ3v) is 4.44. The fourth-order valence-electron chi connectivity index (χ4n) is 2.50. The summed E-state index contributed by atoms with van der Waals surface area (Å²) in [7, 11) is 0. The Morgan fingerprint density at radius 2 is 1.71 bits per heavy atom. The number of carbonyl (C=O) groups is 2. The number of nitrogens with zero attached hydrogens (tertiary/aromatic N) is 2. The van der Waals surface area contributed by atoms with Gasteiger partial charge < -0.3 is 10.6 Å². The number of carbonyl (C=O) groups excluding carboxylic acids is 2. The third kappa shape index (κ3) is 4.49. The Morgan fingerprint density at radius 1 is 1.07 bits per heavy atom. The molecule has 1 aromatic heterocycles. The van der Waals surface area contributed by atoms with Crippen LogP contribution < -0.4 is 10.6 Å². The van der Waals surface area contributed by atoms with Gasteiger partial charge in [0.2, 0.25) is 5.91 Å². The minimum atomic E-state index is -0.540. The van der Waals surface area contributed by atoms with Gasteiger partial charge in [0, 0.05) is 10.7 Å². The molecular weight excluding hydrogens is 406 g/mol. The molecule has 1 heterocycles. The lowest BCUT2D eigenvalue weighted by Crippen LogP contribution is -2.33. The maximum Gasteiger partial charge on any atom is 0.256 e. The number of hydrogen-bond donors (Lipinski definition) is 2. The average molecular weight is 421 g/mol. The topological polar surface area (TPSA) is 76.0 Å². The first-order valence-electron chi connectivity index (χ1n) is 8.20. The van der Waals surface area contributed by atoms with Gasteiger partial charge >= 0.3 is 0 Å². The van der Waals surface area contributed by atoms with E-state index < -0.39 is 17.6 Å². The molecule has 0 atom stereocenters. The molecule has 0 aliphatic carbocycles. The van der Waals surface area contributed by atoms with E-state index in [9.17, 15) is 14.0 Å². The van der Waals surface area contributed by atoms with Crippen molar-refractivity contribution in [2.75, 3.05) is 11.9 Å². The number of anilines is 1. The van der Waals surface area contributed by atoms with Crippen LogP contribution in [-0.4, -0.2) is 28.1 Å². The molecule has 28 heavy (non-hydrogen) atoms. The van der Waals surface area contributed by atoms with Gasteiger partial charge in [0.05, 0.1) is 23.5 Å². The number of aryl methyl sites for hydroxylation is 1. The minimum absolute atomic E-state index is 0.0692. The standard InChI is InChI=1S/C19H15Cl2FN4O2/c1-11-17(18(21)26(25-11)15-8-4-13(22)5-9-15)19(28)23-10-16(27)24-14-6-2-12(20)3-7-14/h2-9H,10H2,1H3,(H,23,28)(H,24,27). The van der Waals surface area contributed by atoms with E-state index in [0.29, 0.717) is 22.1 Å². The number of nitrogens with one attached hydrogen (secondary N) is 2. The summed E-state index contributed by atoms with van der Waals surface area (Å²) in [4.78, 5) is 24.5. The Kier molecular flexibility index (Phi) is 5.96. The molecule has 0 unspecified atom stereocenters. The van der Waals surface area contributed by atoms with Crippen LogP contribution in [0.2, 0.25) is 10.2 Å². The van der Waals surface area contributed by atoms with Crippen LogP contribution in [0, 0.1) is 12.7 Å². The highest BCUT2D eigenvalue weighted by molar-refractivity contribution is 6.33. The van der Waals surface area contributed by atoms with E-state index in [1.165, 1.54) is 28.9 Å². The summed E-state index contributed by atoms with van der Waals surface area (Å²) in [6.07, 6.45) is 0. The number of benzene rings is 2. The molecule has 2 N–H and O–H groups in total. The first-order valence-corrected chi connectivity index (χ1v) is 8.95. The SMILES string of the molecule is Cc1nn(-c2ccc(F)cc2)c(Cl)c1C(=O)NCC(=O)Nc1ccc(Cl)cc1. The Hall–Kier alpha value is -2.90. The van der Waals surface area contributed by atoms with E-state index in [-0.39, 0.29) is 17.3 Å². The molecule has 144 valence electrons. The van der Waals surface area contributed by atoms with Crippen LogP contribution in [0.1, 0.15) is 16.1 Å². The van der Waals surface area contributed by atoms with E-state index >= 15 is 0 Å². The van der Waals surface area contributed by atoms with Crippen molar-refractivity contribution in [1.82, 2.24) is 15.1 Å². The molecule has 9 heteroatoms. The highest BCUT2D eigenvalue weighted by atomic mass is 35.5. The zero-order chi connectivity index (χ0) is 20.3. The maximum absolute atomic E-state index is 13.1. The molecule has 2 amide bonds. The van der Waals surface area contributed by atoms with Gasteiger partial charge in [0.25, 0.3) is 5.91 Å². The monoisotopic (exact) mass is 420 g/mol. The van der Waals surface area contributed by atoms with Crippen LogP contribution >= 0.6 is 23.2 Å². The van der Waals surface area contributed by atoms with Crippen LogP contribution in [0.5, 0.6) is 0 Å². The lowest BCUT2D eigenvalue weighted by Gasteiger charge is -2.07. The second-order valence-corrected chi connectivity index (χ2v) is 6.67. The van der Waals surface area contributed by atoms with Gasteiger partial charge in [-0.3, -0.25) is 9.59 Å². The zero-order valence-electron chi connectivity index (χ0n) is 14.7. The second kappa shape index (κ2) is 8.41. The van der Waals surface area contributed by atoms with Crippen molar-refractivity contribution in [3.05, 3.63) is 75.8 Å². The summed E-state index contributed by atoms with van der Waals surface area (Å²) in [6, 6.07) is 12.1. The van der Waals surface area contributed by atoms with E-state index in [1.54, 1.807) is 31.2 Å². The van der Waals surface area contributed by atoms with Crippen molar-refractivity contribution in [2.24, 2.45) is 0 Å². The summed E-state index contributed by atoms with van der Waals surface area (Å²) in [5.41, 5.74) is 1.59. The molecule has 0 saturated carbocycles. The summed E-state index contributed by atoms with van der Waals surface area (Å²) < 4.78 is 14.4. The summed E-state index contributed by atoms with van der Waals surface area (Å²) in [6.45, 7) is 1.37. The van der Waals surface area contributed by atoms with Gasteiger partial charge in [-0.1, -0.05) is 23.2 Å². The van der Waals surface area contributed by atoms with Crippen LogP contribution in [0.25, 0.3) is 5.69 Å². The molecule has 2 aromatic carbocycles. The maximum atomic E-state index is 13.1. The molecule has 3 rings (SSSR count). The van der Waals surface area contributed by atoms with Crippen molar-refractivity contribution in [2.45, 2.75) is 6.92 Å². The van der Waals surface area contributed by atoms with Crippen molar-refractivity contribution in [3.8, 4) is 5.69 Å². The van der Waals surface area contributed by atoms with Crippen molar-refractivity contribution >= 4 is 40.7 Å².